The highest BCUT2D eigenvalue weighted by Crippen LogP contribution is 2.19. The van der Waals surface area contributed by atoms with Gasteiger partial charge in [-0.25, -0.2) is 0 Å². The molecule has 1 aromatic heterocycles. The quantitative estimate of drug-likeness (QED) is 0.881. The lowest BCUT2D eigenvalue weighted by Gasteiger charge is -2.15. The molecule has 1 heterocycles. The Kier molecular flexibility index (Phi) is 4.84. The molecule has 2 rings (SSSR count). The van der Waals surface area contributed by atoms with Crippen molar-refractivity contribution >= 4 is 21.8 Å². The molecule has 1 atom stereocenters. The van der Waals surface area contributed by atoms with Gasteiger partial charge >= 0.3 is 0 Å². The number of hydrogen-bond acceptors (Lipinski definition) is 2. The monoisotopic (exact) mass is 336 g/mol. The maximum absolute atomic E-state index is 12.0. The summed E-state index contributed by atoms with van der Waals surface area (Å²) in [7, 11) is 1.65. The Morgan fingerprint density at radius 3 is 2.85 bits per heavy atom. The zero-order valence-electron chi connectivity index (χ0n) is 11.4. The second-order valence-electron chi connectivity index (χ2n) is 4.62. The maximum atomic E-state index is 12.0. The summed E-state index contributed by atoms with van der Waals surface area (Å²) < 4.78 is 6.18. The first-order chi connectivity index (χ1) is 9.60. The van der Waals surface area contributed by atoms with E-state index in [2.05, 4.69) is 26.2 Å². The molecule has 106 valence electrons. The summed E-state index contributed by atoms with van der Waals surface area (Å²) in [6.45, 7) is 1.97. The van der Waals surface area contributed by atoms with Gasteiger partial charge in [0.25, 0.3) is 5.91 Å². The summed E-state index contributed by atoms with van der Waals surface area (Å²) in [5, 5.41) is 2.96. The molecule has 1 aromatic carbocycles. The summed E-state index contributed by atoms with van der Waals surface area (Å²) in [6, 6.07) is 9.60. The van der Waals surface area contributed by atoms with Gasteiger partial charge < -0.3 is 15.0 Å². The van der Waals surface area contributed by atoms with Crippen molar-refractivity contribution in [3.8, 4) is 5.75 Å². The van der Waals surface area contributed by atoms with E-state index in [1.807, 2.05) is 31.2 Å². The second kappa shape index (κ2) is 6.61. The number of para-hydroxylation sites is 1. The number of ether oxygens (including phenoxy) is 1. The van der Waals surface area contributed by atoms with E-state index in [0.29, 0.717) is 5.69 Å². The van der Waals surface area contributed by atoms with E-state index in [9.17, 15) is 4.79 Å². The van der Waals surface area contributed by atoms with Crippen LogP contribution in [0.4, 0.5) is 0 Å². The molecule has 0 aliphatic heterocycles. The highest BCUT2D eigenvalue weighted by Gasteiger charge is 2.13. The highest BCUT2D eigenvalue weighted by atomic mass is 79.9. The van der Waals surface area contributed by atoms with Crippen molar-refractivity contribution in [3.05, 3.63) is 52.3 Å². The van der Waals surface area contributed by atoms with Gasteiger partial charge in [0, 0.05) is 16.7 Å². The molecule has 1 unspecified atom stereocenters. The van der Waals surface area contributed by atoms with Crippen LogP contribution in [0, 0.1) is 0 Å². The van der Waals surface area contributed by atoms with Crippen molar-refractivity contribution < 1.29 is 9.53 Å². The summed E-state index contributed by atoms with van der Waals surface area (Å²) in [5.41, 5.74) is 1.62. The van der Waals surface area contributed by atoms with Crippen LogP contribution >= 0.6 is 15.9 Å². The third-order valence-electron chi connectivity index (χ3n) is 2.99. The SMILES string of the molecule is COc1ccccc1CC(C)NC(=O)c1cc(Br)c[nH]1. The molecule has 0 aliphatic rings. The third-order valence-corrected chi connectivity index (χ3v) is 3.45. The normalized spacial score (nSPS) is 11.9. The van der Waals surface area contributed by atoms with Crippen molar-refractivity contribution in [2.45, 2.75) is 19.4 Å². The maximum Gasteiger partial charge on any atom is 0.267 e. The van der Waals surface area contributed by atoms with Gasteiger partial charge in [0.05, 0.1) is 7.11 Å². The average Bonchev–Trinajstić information content (AvgIpc) is 2.86. The van der Waals surface area contributed by atoms with Gasteiger partial charge in [-0.2, -0.15) is 0 Å². The first-order valence-electron chi connectivity index (χ1n) is 6.37. The Bertz CT molecular complexity index is 595. The van der Waals surface area contributed by atoms with Gasteiger partial charge in [0.2, 0.25) is 0 Å². The smallest absolute Gasteiger partial charge is 0.267 e. The van der Waals surface area contributed by atoms with Gasteiger partial charge in [-0.05, 0) is 47.0 Å². The van der Waals surface area contributed by atoms with E-state index in [4.69, 9.17) is 4.74 Å². The van der Waals surface area contributed by atoms with E-state index in [0.717, 1.165) is 22.2 Å². The molecule has 2 N–H and O–H groups in total. The number of nitrogens with one attached hydrogen (secondary N) is 2. The number of hydrogen-bond donors (Lipinski definition) is 2. The van der Waals surface area contributed by atoms with E-state index in [1.165, 1.54) is 0 Å². The number of amides is 1. The minimum absolute atomic E-state index is 0.0147. The lowest BCUT2D eigenvalue weighted by Crippen LogP contribution is -2.34. The predicted octanol–water partition coefficient (Wildman–Crippen LogP) is 3.15. The molecule has 5 heteroatoms. The zero-order valence-corrected chi connectivity index (χ0v) is 13.0. The Labute approximate surface area is 126 Å². The van der Waals surface area contributed by atoms with Gasteiger partial charge in [-0.15, -0.1) is 0 Å². The minimum Gasteiger partial charge on any atom is -0.496 e. The molecule has 20 heavy (non-hydrogen) atoms. The topological polar surface area (TPSA) is 54.1 Å². The number of rotatable bonds is 5. The lowest BCUT2D eigenvalue weighted by molar-refractivity contribution is 0.0935. The Morgan fingerprint density at radius 1 is 1.45 bits per heavy atom. The van der Waals surface area contributed by atoms with E-state index < -0.39 is 0 Å². The largest absolute Gasteiger partial charge is 0.496 e. The first-order valence-corrected chi connectivity index (χ1v) is 7.16. The first kappa shape index (κ1) is 14.7. The molecular formula is C15H17BrN2O2. The number of H-pyrrole nitrogens is 1. The van der Waals surface area contributed by atoms with Crippen LogP contribution in [-0.2, 0) is 6.42 Å². The molecular weight excluding hydrogens is 320 g/mol. The summed E-state index contributed by atoms with van der Waals surface area (Å²) >= 11 is 3.31. The van der Waals surface area contributed by atoms with E-state index >= 15 is 0 Å². The van der Waals surface area contributed by atoms with Gasteiger partial charge in [0.1, 0.15) is 11.4 Å². The summed E-state index contributed by atoms with van der Waals surface area (Å²) in [6.07, 6.45) is 2.46. The fourth-order valence-electron chi connectivity index (χ4n) is 2.05. The number of carbonyl (C=O) groups excluding carboxylic acids is 1. The van der Waals surface area contributed by atoms with Crippen molar-refractivity contribution in [2.24, 2.45) is 0 Å². The zero-order chi connectivity index (χ0) is 14.5. The van der Waals surface area contributed by atoms with Crippen LogP contribution in [0.1, 0.15) is 23.0 Å². The van der Waals surface area contributed by atoms with Crippen LogP contribution in [-0.4, -0.2) is 24.0 Å². The van der Waals surface area contributed by atoms with Crippen LogP contribution < -0.4 is 10.1 Å². The molecule has 0 bridgehead atoms. The number of halogens is 1. The molecule has 0 spiro atoms. The van der Waals surface area contributed by atoms with Crippen LogP contribution in [0.25, 0.3) is 0 Å². The number of aromatic nitrogens is 1. The van der Waals surface area contributed by atoms with Crippen LogP contribution in [0.2, 0.25) is 0 Å². The molecule has 0 saturated carbocycles. The second-order valence-corrected chi connectivity index (χ2v) is 5.54. The van der Waals surface area contributed by atoms with Crippen LogP contribution in [0.3, 0.4) is 0 Å². The minimum atomic E-state index is -0.113. The Hall–Kier alpha value is -1.75. The van der Waals surface area contributed by atoms with Gasteiger partial charge in [0.15, 0.2) is 0 Å². The highest BCUT2D eigenvalue weighted by molar-refractivity contribution is 9.10. The summed E-state index contributed by atoms with van der Waals surface area (Å²) in [5.74, 6) is 0.731. The number of methoxy groups -OCH3 is 1. The van der Waals surface area contributed by atoms with Crippen LogP contribution in [0.15, 0.2) is 41.0 Å². The van der Waals surface area contributed by atoms with Crippen molar-refractivity contribution in [2.75, 3.05) is 7.11 Å². The van der Waals surface area contributed by atoms with Crippen molar-refractivity contribution in [1.82, 2.24) is 10.3 Å². The number of aromatic amines is 1. The molecule has 0 saturated heterocycles. The third kappa shape index (κ3) is 3.63. The molecule has 0 radical (unpaired) electrons. The van der Waals surface area contributed by atoms with Gasteiger partial charge in [-0.1, -0.05) is 18.2 Å². The molecule has 0 aliphatic carbocycles. The van der Waals surface area contributed by atoms with Gasteiger partial charge in [-0.3, -0.25) is 4.79 Å². The van der Waals surface area contributed by atoms with Crippen molar-refractivity contribution in [3.63, 3.8) is 0 Å². The summed E-state index contributed by atoms with van der Waals surface area (Å²) in [4.78, 5) is 14.9. The fraction of sp³-hybridized carbons (Fsp3) is 0.267. The van der Waals surface area contributed by atoms with E-state index in [1.54, 1.807) is 19.4 Å². The van der Waals surface area contributed by atoms with E-state index in [-0.39, 0.29) is 11.9 Å². The molecule has 2 aromatic rings. The number of carbonyl (C=O) groups is 1. The predicted molar refractivity (Wildman–Crippen MR) is 82.1 cm³/mol. The number of benzene rings is 1. The van der Waals surface area contributed by atoms with Crippen molar-refractivity contribution in [1.29, 1.82) is 0 Å². The average molecular weight is 337 g/mol. The molecule has 4 nitrogen and oxygen atoms in total. The molecule has 0 fully saturated rings. The molecule has 1 amide bonds. The Balaban J connectivity index is 1.98. The van der Waals surface area contributed by atoms with Crippen LogP contribution in [0.5, 0.6) is 5.75 Å². The fourth-order valence-corrected chi connectivity index (χ4v) is 2.40. The standard InChI is InChI=1S/C15H17BrN2O2/c1-10(7-11-5-3-4-6-14(11)20-2)18-15(19)13-8-12(16)9-17-13/h3-6,8-10,17H,7H2,1-2H3,(H,18,19). The lowest BCUT2D eigenvalue weighted by atomic mass is 10.1. The Morgan fingerprint density at radius 2 is 2.20 bits per heavy atom.